The predicted molar refractivity (Wildman–Crippen MR) is 151 cm³/mol. The molecule has 38 heavy (non-hydrogen) atoms. The molecule has 2 unspecified atom stereocenters. The van der Waals surface area contributed by atoms with Crippen LogP contribution in [-0.2, 0) is 22.6 Å². The van der Waals surface area contributed by atoms with Gasteiger partial charge in [0.2, 0.25) is 0 Å². The van der Waals surface area contributed by atoms with E-state index < -0.39 is 24.0 Å². The Hall–Kier alpha value is -2.99. The zero-order valence-electron chi connectivity index (χ0n) is 23.4. The second-order valence-electron chi connectivity index (χ2n) is 9.27. The molecule has 1 aliphatic rings. The van der Waals surface area contributed by atoms with Crippen LogP contribution < -0.4 is 10.6 Å². The lowest BCUT2D eigenvalue weighted by Crippen LogP contribution is -2.52. The first-order valence-electron chi connectivity index (χ1n) is 13.8. The maximum atomic E-state index is 12.8. The normalized spacial score (nSPS) is 14.8. The molecular formula is C30H46N4O4. The molecule has 0 saturated heterocycles. The summed E-state index contributed by atoms with van der Waals surface area (Å²) in [5.41, 5.74) is 2.02. The molecule has 8 nitrogen and oxygen atoms in total. The molecule has 4 N–H and O–H groups in total. The molecule has 0 spiro atoms. The number of aliphatic hydroxyl groups excluding tert-OH is 2. The van der Waals surface area contributed by atoms with Crippen molar-refractivity contribution < 1.29 is 19.8 Å². The van der Waals surface area contributed by atoms with Crippen LogP contribution in [0.15, 0.2) is 48.6 Å². The van der Waals surface area contributed by atoms with Gasteiger partial charge in [0.15, 0.2) is 12.2 Å². The highest BCUT2D eigenvalue weighted by atomic mass is 16.3. The van der Waals surface area contributed by atoms with Gasteiger partial charge in [-0.05, 0) is 48.8 Å². The van der Waals surface area contributed by atoms with Crippen LogP contribution in [-0.4, -0.2) is 65.3 Å². The van der Waals surface area contributed by atoms with Gasteiger partial charge in [0.05, 0.1) is 12.5 Å². The van der Waals surface area contributed by atoms with Crippen molar-refractivity contribution in [3.8, 4) is 6.07 Å². The molecule has 1 heterocycles. The second-order valence-corrected chi connectivity index (χ2v) is 9.27. The molecule has 0 aliphatic carbocycles. The van der Waals surface area contributed by atoms with E-state index in [0.29, 0.717) is 39.0 Å². The number of fused-ring (bicyclic) bond motifs is 1. The van der Waals surface area contributed by atoms with E-state index in [2.05, 4.69) is 30.6 Å². The maximum Gasteiger partial charge on any atom is 0.255 e. The van der Waals surface area contributed by atoms with Crippen molar-refractivity contribution in [3.63, 3.8) is 0 Å². The Kier molecular flexibility index (Phi) is 15.9. The van der Waals surface area contributed by atoms with Crippen LogP contribution >= 0.6 is 0 Å². The summed E-state index contributed by atoms with van der Waals surface area (Å²) >= 11 is 0. The standard InChI is InChI=1S/C28H40N4O4.C2H6/c1-3-28(4-2,15-18-30-17-11-7-5-6-10-16-29)21-31-26(35)24(33)25(34)27(36)32-19-14-22-12-8-9-13-23(22)20-32;1-2/h5-9,11-13,24-25,30,33-34H,3-4,10,14-15,17-21H2,1-2H3,(H,31,35);1-2H3/b6-5-,11-7-;. The maximum absolute atomic E-state index is 12.8. The van der Waals surface area contributed by atoms with Gasteiger partial charge in [0.25, 0.3) is 11.8 Å². The van der Waals surface area contributed by atoms with E-state index in [1.165, 1.54) is 10.5 Å². The lowest BCUT2D eigenvalue weighted by Gasteiger charge is -2.33. The first kappa shape index (κ1) is 33.0. The summed E-state index contributed by atoms with van der Waals surface area (Å²) in [6.45, 7) is 10.7. The van der Waals surface area contributed by atoms with Gasteiger partial charge in [0.1, 0.15) is 0 Å². The minimum Gasteiger partial charge on any atom is -0.380 e. The third kappa shape index (κ3) is 10.4. The van der Waals surface area contributed by atoms with Crippen molar-refractivity contribution >= 4 is 11.8 Å². The number of hydrogen-bond donors (Lipinski definition) is 4. The zero-order valence-corrected chi connectivity index (χ0v) is 23.4. The molecule has 8 heteroatoms. The Labute approximate surface area is 228 Å². The molecule has 2 amide bonds. The summed E-state index contributed by atoms with van der Waals surface area (Å²) in [6.07, 6.45) is 7.45. The number of carbonyl (C=O) groups excluding carboxylic acids is 2. The fourth-order valence-corrected chi connectivity index (χ4v) is 4.36. The quantitative estimate of drug-likeness (QED) is 0.218. The number of hydrogen-bond acceptors (Lipinski definition) is 6. The predicted octanol–water partition coefficient (Wildman–Crippen LogP) is 3.25. The van der Waals surface area contributed by atoms with E-state index in [0.717, 1.165) is 31.4 Å². The number of rotatable bonds is 14. The average Bonchev–Trinajstić information content (AvgIpc) is 2.97. The van der Waals surface area contributed by atoms with Gasteiger partial charge in [0, 0.05) is 26.2 Å². The topological polar surface area (TPSA) is 126 Å². The minimum absolute atomic E-state index is 0.162. The van der Waals surface area contributed by atoms with Gasteiger partial charge < -0.3 is 25.7 Å². The van der Waals surface area contributed by atoms with Gasteiger partial charge in [-0.25, -0.2) is 0 Å². The molecule has 0 saturated carbocycles. The summed E-state index contributed by atoms with van der Waals surface area (Å²) in [4.78, 5) is 26.9. The highest BCUT2D eigenvalue weighted by molar-refractivity contribution is 5.90. The molecule has 0 aromatic heterocycles. The molecule has 1 aliphatic heterocycles. The third-order valence-electron chi connectivity index (χ3n) is 7.09. The number of allylic oxidation sites excluding steroid dienone is 3. The van der Waals surface area contributed by atoms with E-state index >= 15 is 0 Å². The van der Waals surface area contributed by atoms with E-state index in [9.17, 15) is 19.8 Å². The SMILES string of the molecule is CC.CCC(CC)(CCNC/C=C\C=C/CC#N)CNC(=O)C(O)C(O)C(=O)N1CCc2ccccc2C1. The highest BCUT2D eigenvalue weighted by Gasteiger charge is 2.35. The molecule has 0 fully saturated rings. The van der Waals surface area contributed by atoms with Crippen molar-refractivity contribution in [1.82, 2.24) is 15.5 Å². The van der Waals surface area contributed by atoms with Gasteiger partial charge in [-0.15, -0.1) is 0 Å². The number of nitrogens with one attached hydrogen (secondary N) is 2. The van der Waals surface area contributed by atoms with E-state index in [1.807, 2.05) is 56.3 Å². The third-order valence-corrected chi connectivity index (χ3v) is 7.09. The molecule has 0 radical (unpaired) electrons. The zero-order chi connectivity index (χ0) is 28.4. The van der Waals surface area contributed by atoms with E-state index in [-0.39, 0.29) is 5.41 Å². The van der Waals surface area contributed by atoms with Crippen LogP contribution in [0, 0.1) is 16.7 Å². The summed E-state index contributed by atoms with van der Waals surface area (Å²) in [5.74, 6) is -1.37. The molecule has 2 rings (SSSR count). The van der Waals surface area contributed by atoms with Crippen LogP contribution in [0.1, 0.15) is 64.5 Å². The van der Waals surface area contributed by atoms with Crippen LogP contribution in [0.4, 0.5) is 0 Å². The van der Waals surface area contributed by atoms with Crippen molar-refractivity contribution in [2.45, 2.75) is 78.6 Å². The Morgan fingerprint density at radius 1 is 1.11 bits per heavy atom. The largest absolute Gasteiger partial charge is 0.380 e. The number of benzene rings is 1. The van der Waals surface area contributed by atoms with Crippen molar-refractivity contribution in [1.29, 1.82) is 5.26 Å². The van der Waals surface area contributed by atoms with Crippen LogP contribution in [0.3, 0.4) is 0 Å². The summed E-state index contributed by atoms with van der Waals surface area (Å²) in [7, 11) is 0. The number of aliphatic hydroxyl groups is 2. The summed E-state index contributed by atoms with van der Waals surface area (Å²) in [6, 6.07) is 9.87. The average molecular weight is 527 g/mol. The minimum atomic E-state index is -1.82. The summed E-state index contributed by atoms with van der Waals surface area (Å²) in [5, 5.41) is 35.5. The second kappa shape index (κ2) is 18.3. The monoisotopic (exact) mass is 526 g/mol. The smallest absolute Gasteiger partial charge is 0.255 e. The van der Waals surface area contributed by atoms with Gasteiger partial charge >= 0.3 is 0 Å². The van der Waals surface area contributed by atoms with Crippen LogP contribution in [0.2, 0.25) is 0 Å². The number of nitrogens with zero attached hydrogens (tertiary/aromatic N) is 2. The number of amides is 2. The Morgan fingerprint density at radius 2 is 1.76 bits per heavy atom. The van der Waals surface area contributed by atoms with Crippen molar-refractivity contribution in [2.24, 2.45) is 5.41 Å². The van der Waals surface area contributed by atoms with Crippen molar-refractivity contribution in [2.75, 3.05) is 26.2 Å². The lowest BCUT2D eigenvalue weighted by atomic mass is 9.79. The van der Waals surface area contributed by atoms with Crippen LogP contribution in [0.5, 0.6) is 0 Å². The Bertz CT molecular complexity index is 950. The van der Waals surface area contributed by atoms with Crippen LogP contribution in [0.25, 0.3) is 0 Å². The lowest BCUT2D eigenvalue weighted by molar-refractivity contribution is -0.154. The fraction of sp³-hybridized carbons (Fsp3) is 0.567. The Morgan fingerprint density at radius 3 is 2.42 bits per heavy atom. The molecule has 0 bridgehead atoms. The summed E-state index contributed by atoms with van der Waals surface area (Å²) < 4.78 is 0. The number of carbonyl (C=O) groups is 2. The molecule has 1 aromatic rings. The first-order valence-corrected chi connectivity index (χ1v) is 13.8. The number of nitriles is 1. The molecule has 2 atom stereocenters. The van der Waals surface area contributed by atoms with E-state index in [4.69, 9.17) is 5.26 Å². The fourth-order valence-electron chi connectivity index (χ4n) is 4.36. The van der Waals surface area contributed by atoms with Gasteiger partial charge in [-0.1, -0.05) is 76.3 Å². The highest BCUT2D eigenvalue weighted by Crippen LogP contribution is 2.29. The van der Waals surface area contributed by atoms with Crippen molar-refractivity contribution in [3.05, 3.63) is 59.7 Å². The molecular weight excluding hydrogens is 480 g/mol. The van der Waals surface area contributed by atoms with E-state index in [1.54, 1.807) is 6.08 Å². The molecule has 210 valence electrons. The van der Waals surface area contributed by atoms with Gasteiger partial charge in [-0.2, -0.15) is 5.26 Å². The first-order chi connectivity index (χ1) is 18.4. The Balaban J connectivity index is 0.00000352. The van der Waals surface area contributed by atoms with Gasteiger partial charge in [-0.3, -0.25) is 9.59 Å². The molecule has 1 aromatic carbocycles.